The molecule has 9 rings (SSSR count). The number of allylic oxidation sites excluding steroid dienone is 2. The van der Waals surface area contributed by atoms with Crippen molar-refractivity contribution in [2.45, 2.75) is 39.2 Å². The van der Waals surface area contributed by atoms with Gasteiger partial charge in [0.1, 0.15) is 11.5 Å². The number of amides is 4. The minimum atomic E-state index is -1.45. The Labute approximate surface area is 310 Å². The van der Waals surface area contributed by atoms with E-state index in [4.69, 9.17) is 16.7 Å². The molecule has 4 amide bonds. The highest BCUT2D eigenvalue weighted by Gasteiger charge is 2.68. The van der Waals surface area contributed by atoms with Gasteiger partial charge in [-0.1, -0.05) is 41.4 Å². The quantitative estimate of drug-likeness (QED) is 0.146. The highest BCUT2D eigenvalue weighted by Crippen LogP contribution is 2.64. The lowest BCUT2D eigenvalue weighted by Gasteiger charge is -2.49. The molecule has 1 saturated carbocycles. The number of nitrogens with zero attached hydrogens (tertiary/aromatic N) is 4. The number of phenols is 1. The van der Waals surface area contributed by atoms with Gasteiger partial charge in [0, 0.05) is 39.2 Å². The Morgan fingerprint density at radius 3 is 2.62 bits per heavy atom. The van der Waals surface area contributed by atoms with Gasteiger partial charge in [0.15, 0.2) is 11.6 Å². The van der Waals surface area contributed by atoms with Crippen LogP contribution in [0.15, 0.2) is 71.6 Å². The molecular formula is C39H32ClFN4O5S2. The normalized spacial score (nSPS) is 27.0. The van der Waals surface area contributed by atoms with Gasteiger partial charge in [-0.3, -0.25) is 28.8 Å². The smallest absolute Gasteiger partial charge is 0.242 e. The number of benzene rings is 2. The fourth-order valence-corrected chi connectivity index (χ4v) is 11.3. The van der Waals surface area contributed by atoms with Crippen LogP contribution in [-0.4, -0.2) is 43.4 Å². The van der Waals surface area contributed by atoms with Crippen molar-refractivity contribution >= 4 is 73.8 Å². The average molecular weight is 755 g/mol. The molecule has 5 heterocycles. The summed E-state index contributed by atoms with van der Waals surface area (Å²) in [6.45, 7) is 3.86. The third kappa shape index (κ3) is 4.53. The van der Waals surface area contributed by atoms with E-state index in [0.29, 0.717) is 16.3 Å². The van der Waals surface area contributed by atoms with Crippen LogP contribution in [0.4, 0.5) is 10.2 Å². The number of fused-ring (bicyclic) bond motifs is 5. The summed E-state index contributed by atoms with van der Waals surface area (Å²) in [5.74, 6) is -6.53. The number of carbonyl (C=O) groups excluding carboxylic acids is 4. The van der Waals surface area contributed by atoms with E-state index in [1.807, 2.05) is 48.7 Å². The van der Waals surface area contributed by atoms with Crippen molar-refractivity contribution < 1.29 is 28.7 Å². The first-order valence-electron chi connectivity index (χ1n) is 17.1. The van der Waals surface area contributed by atoms with Gasteiger partial charge in [0.2, 0.25) is 23.6 Å². The number of aromatic hydroxyl groups is 1. The number of imide groups is 2. The standard InChI is InChI=1S/C39H32ClFN4O5S2/c1-18-24-14-19(40)9-12-29(24)52-34(18)28-16-30(43(3)42-28)45-36(48)26-15-25-21(32(39(26,2)38(45)50)23-7-4-8-27(41)33(23)46)10-11-22-31(25)37(49)44(35(22)47)17-20-6-5-13-51-20/h4-10,12-14,16,22,25-26,31-32,46H,11,15,17H2,1-3H3. The Kier molecular flexibility index (Phi) is 7.46. The summed E-state index contributed by atoms with van der Waals surface area (Å²) in [6.07, 6.45) is 2.29. The number of halogens is 2. The van der Waals surface area contributed by atoms with Crippen LogP contribution in [0.25, 0.3) is 20.7 Å². The number of thiophene rings is 2. The Morgan fingerprint density at radius 2 is 1.85 bits per heavy atom. The minimum absolute atomic E-state index is 0.143. The molecule has 4 aliphatic rings. The van der Waals surface area contributed by atoms with E-state index in [2.05, 4.69) is 0 Å². The van der Waals surface area contributed by atoms with Crippen LogP contribution < -0.4 is 4.90 Å². The Balaban J connectivity index is 1.15. The molecule has 6 unspecified atom stereocenters. The zero-order valence-corrected chi connectivity index (χ0v) is 30.7. The molecule has 2 aliphatic heterocycles. The van der Waals surface area contributed by atoms with Gasteiger partial charge in [-0.05, 0) is 79.3 Å². The molecule has 3 fully saturated rings. The largest absolute Gasteiger partial charge is 0.505 e. The van der Waals surface area contributed by atoms with Crippen LogP contribution in [0.5, 0.6) is 5.75 Å². The van der Waals surface area contributed by atoms with E-state index in [-0.39, 0.29) is 42.6 Å². The molecule has 52 heavy (non-hydrogen) atoms. The summed E-state index contributed by atoms with van der Waals surface area (Å²) in [4.78, 5) is 61.9. The second-order valence-electron chi connectivity index (χ2n) is 14.4. The number of likely N-dealkylation sites (tertiary alicyclic amines) is 1. The van der Waals surface area contributed by atoms with E-state index < -0.39 is 58.4 Å². The van der Waals surface area contributed by atoms with Crippen molar-refractivity contribution in [2.75, 3.05) is 4.90 Å². The second-order valence-corrected chi connectivity index (χ2v) is 16.9. The van der Waals surface area contributed by atoms with E-state index in [1.54, 1.807) is 26.1 Å². The zero-order valence-electron chi connectivity index (χ0n) is 28.3. The van der Waals surface area contributed by atoms with Gasteiger partial charge in [-0.2, -0.15) is 5.10 Å². The summed E-state index contributed by atoms with van der Waals surface area (Å²) >= 11 is 9.29. The minimum Gasteiger partial charge on any atom is -0.505 e. The van der Waals surface area contributed by atoms with Gasteiger partial charge >= 0.3 is 0 Å². The number of para-hydroxylation sites is 1. The van der Waals surface area contributed by atoms with Crippen LogP contribution in [0, 0.1) is 41.8 Å². The molecule has 264 valence electrons. The monoisotopic (exact) mass is 754 g/mol. The van der Waals surface area contributed by atoms with Gasteiger partial charge in [0.25, 0.3) is 0 Å². The molecule has 2 aromatic carbocycles. The third-order valence-electron chi connectivity index (χ3n) is 11.8. The van der Waals surface area contributed by atoms with Crippen molar-refractivity contribution in [3.8, 4) is 16.3 Å². The number of aromatic nitrogens is 2. The van der Waals surface area contributed by atoms with Crippen molar-refractivity contribution in [1.29, 1.82) is 0 Å². The predicted molar refractivity (Wildman–Crippen MR) is 196 cm³/mol. The van der Waals surface area contributed by atoms with Crippen LogP contribution in [0.2, 0.25) is 5.02 Å². The van der Waals surface area contributed by atoms with Crippen LogP contribution in [0.1, 0.15) is 41.7 Å². The number of hydrogen-bond acceptors (Lipinski definition) is 8. The number of rotatable bonds is 5. The van der Waals surface area contributed by atoms with Crippen molar-refractivity contribution in [3.63, 3.8) is 0 Å². The molecule has 2 saturated heterocycles. The summed E-state index contributed by atoms with van der Waals surface area (Å²) in [5.41, 5.74) is 0.958. The van der Waals surface area contributed by atoms with Crippen LogP contribution in [-0.2, 0) is 32.8 Å². The fraction of sp³-hybridized carbons (Fsp3) is 0.308. The first-order valence-corrected chi connectivity index (χ1v) is 19.1. The number of aryl methyl sites for hydroxylation is 2. The zero-order chi connectivity index (χ0) is 36.4. The average Bonchev–Trinajstić information content (AvgIpc) is 3.92. The second kappa shape index (κ2) is 11.7. The summed E-state index contributed by atoms with van der Waals surface area (Å²) in [5, 5.41) is 19.4. The van der Waals surface area contributed by atoms with Crippen LogP contribution in [0.3, 0.4) is 0 Å². The molecule has 3 aromatic heterocycles. The highest BCUT2D eigenvalue weighted by atomic mass is 35.5. The SMILES string of the molecule is Cc1c(-c2cc(N3C(=O)C4CC5C(=CCC6C(=O)N(Cc7cccs7)C(=O)C65)C(c5cccc(F)c5O)C4(C)C3=O)n(C)n2)sc2ccc(Cl)cc12. The fourth-order valence-electron chi connectivity index (χ4n) is 9.34. The summed E-state index contributed by atoms with van der Waals surface area (Å²) in [7, 11) is 1.68. The van der Waals surface area contributed by atoms with Gasteiger partial charge in [0.05, 0.1) is 34.6 Å². The van der Waals surface area contributed by atoms with Crippen molar-refractivity contribution in [3.05, 3.63) is 98.5 Å². The van der Waals surface area contributed by atoms with E-state index in [0.717, 1.165) is 31.5 Å². The van der Waals surface area contributed by atoms with E-state index >= 15 is 4.39 Å². The molecule has 0 radical (unpaired) electrons. The summed E-state index contributed by atoms with van der Waals surface area (Å²) < 4.78 is 17.6. The number of phenolic OH excluding ortho intramolecular Hbond substituents is 1. The summed E-state index contributed by atoms with van der Waals surface area (Å²) in [6, 6.07) is 15.3. The van der Waals surface area contributed by atoms with Gasteiger partial charge in [-0.25, -0.2) is 9.29 Å². The molecule has 1 N–H and O–H groups in total. The van der Waals surface area contributed by atoms with E-state index in [9.17, 15) is 24.3 Å². The molecule has 5 aromatic rings. The first kappa shape index (κ1) is 33.2. The molecule has 0 bridgehead atoms. The molecule has 0 spiro atoms. The van der Waals surface area contributed by atoms with E-state index in [1.165, 1.54) is 43.2 Å². The highest BCUT2D eigenvalue weighted by molar-refractivity contribution is 7.22. The molecule has 13 heteroatoms. The third-order valence-corrected chi connectivity index (χ3v) is 14.2. The topological polar surface area (TPSA) is 113 Å². The Hall–Kier alpha value is -4.65. The Morgan fingerprint density at radius 1 is 1.04 bits per heavy atom. The lowest BCUT2D eigenvalue weighted by atomic mass is 9.51. The maximum Gasteiger partial charge on any atom is 0.242 e. The number of anilines is 1. The van der Waals surface area contributed by atoms with Gasteiger partial charge in [-0.15, -0.1) is 22.7 Å². The van der Waals surface area contributed by atoms with Gasteiger partial charge < -0.3 is 5.11 Å². The predicted octanol–water partition coefficient (Wildman–Crippen LogP) is 7.60. The first-order chi connectivity index (χ1) is 24.9. The van der Waals surface area contributed by atoms with Crippen LogP contribution >= 0.6 is 34.3 Å². The molecular weight excluding hydrogens is 723 g/mol. The molecule has 9 nitrogen and oxygen atoms in total. The maximum atomic E-state index is 15.1. The lowest BCUT2D eigenvalue weighted by molar-refractivity contribution is -0.141. The molecule has 2 aliphatic carbocycles. The number of hydrogen-bond donors (Lipinski definition) is 1. The van der Waals surface area contributed by atoms with Crippen molar-refractivity contribution in [1.82, 2.24) is 14.7 Å². The number of carbonyl (C=O) groups is 4. The lowest BCUT2D eigenvalue weighted by Crippen LogP contribution is -2.49. The van der Waals surface area contributed by atoms with Crippen molar-refractivity contribution in [2.24, 2.45) is 36.1 Å². The molecule has 6 atom stereocenters. The Bertz CT molecular complexity index is 2420. The maximum absolute atomic E-state index is 15.1.